The molecule has 0 atom stereocenters. The number of thiophene rings is 1. The van der Waals surface area contributed by atoms with Crippen molar-refractivity contribution in [3.05, 3.63) is 109 Å². The number of aromatic nitrogens is 2. The van der Waals surface area contributed by atoms with Gasteiger partial charge < -0.3 is 0 Å². The van der Waals surface area contributed by atoms with Gasteiger partial charge in [0.25, 0.3) is 0 Å². The van der Waals surface area contributed by atoms with E-state index in [2.05, 4.69) is 102 Å². The van der Waals surface area contributed by atoms with E-state index < -0.39 is 0 Å². The van der Waals surface area contributed by atoms with Crippen LogP contribution in [0, 0.1) is 0 Å². The normalized spacial score (nSPS) is 11.6. The van der Waals surface area contributed by atoms with E-state index in [1.807, 2.05) is 23.7 Å². The number of hydrogen-bond donors (Lipinski definition) is 0. The van der Waals surface area contributed by atoms with E-state index in [1.54, 1.807) is 0 Å². The monoisotopic (exact) mass is 438 g/mol. The van der Waals surface area contributed by atoms with Crippen LogP contribution in [0.15, 0.2) is 109 Å². The average Bonchev–Trinajstić information content (AvgIpc) is 3.28. The Kier molecular flexibility index (Phi) is 4.05. The van der Waals surface area contributed by atoms with Crippen molar-refractivity contribution in [1.82, 2.24) is 9.97 Å². The van der Waals surface area contributed by atoms with Crippen molar-refractivity contribution >= 4 is 53.2 Å². The summed E-state index contributed by atoms with van der Waals surface area (Å²) in [6, 6.07) is 34.3. The van der Waals surface area contributed by atoms with Crippen molar-refractivity contribution in [3.63, 3.8) is 0 Å². The second-order valence-corrected chi connectivity index (χ2v) is 9.28. The van der Waals surface area contributed by atoms with Crippen LogP contribution in [0.4, 0.5) is 0 Å². The second kappa shape index (κ2) is 7.22. The average molecular weight is 439 g/mol. The van der Waals surface area contributed by atoms with Crippen LogP contribution >= 0.6 is 11.3 Å². The van der Waals surface area contributed by atoms with E-state index in [0.717, 1.165) is 16.8 Å². The van der Waals surface area contributed by atoms with E-state index >= 15 is 0 Å². The van der Waals surface area contributed by atoms with Crippen LogP contribution in [0.2, 0.25) is 0 Å². The second-order valence-electron chi connectivity index (χ2n) is 8.23. The van der Waals surface area contributed by atoms with Crippen LogP contribution in [0.3, 0.4) is 0 Å². The number of hydrogen-bond acceptors (Lipinski definition) is 3. The molecule has 2 nitrogen and oxygen atoms in total. The van der Waals surface area contributed by atoms with Crippen LogP contribution in [0.25, 0.3) is 64.2 Å². The third-order valence-electron chi connectivity index (χ3n) is 6.35. The van der Waals surface area contributed by atoms with Crippen molar-refractivity contribution < 1.29 is 0 Å². The number of pyridine rings is 2. The first-order chi connectivity index (χ1) is 16.4. The zero-order chi connectivity index (χ0) is 21.8. The Bertz CT molecular complexity index is 1760. The van der Waals surface area contributed by atoms with Crippen LogP contribution in [0.1, 0.15) is 0 Å². The van der Waals surface area contributed by atoms with Gasteiger partial charge in [0, 0.05) is 59.9 Å². The van der Waals surface area contributed by atoms with Gasteiger partial charge in [-0.05, 0) is 35.9 Å². The van der Waals surface area contributed by atoms with Gasteiger partial charge in [0.05, 0.1) is 11.2 Å². The summed E-state index contributed by atoms with van der Waals surface area (Å²) in [4.78, 5) is 9.42. The van der Waals surface area contributed by atoms with Crippen molar-refractivity contribution in [2.45, 2.75) is 0 Å². The minimum Gasteiger partial charge on any atom is -0.265 e. The molecule has 154 valence electrons. The highest BCUT2D eigenvalue weighted by atomic mass is 32.1. The molecule has 0 aliphatic rings. The van der Waals surface area contributed by atoms with Crippen molar-refractivity contribution in [3.8, 4) is 22.4 Å². The summed E-state index contributed by atoms with van der Waals surface area (Å²) < 4.78 is 2.61. The Morgan fingerprint density at radius 1 is 0.576 bits per heavy atom. The molecule has 3 aromatic heterocycles. The Morgan fingerprint density at radius 3 is 2.15 bits per heavy atom. The van der Waals surface area contributed by atoms with Gasteiger partial charge in [-0.15, -0.1) is 11.3 Å². The number of rotatable bonds is 2. The lowest BCUT2D eigenvalue weighted by Crippen LogP contribution is -1.91. The summed E-state index contributed by atoms with van der Waals surface area (Å²) >= 11 is 1.87. The van der Waals surface area contributed by atoms with Crippen LogP contribution in [-0.4, -0.2) is 9.97 Å². The van der Waals surface area contributed by atoms with Gasteiger partial charge in [-0.25, -0.2) is 4.98 Å². The van der Waals surface area contributed by atoms with Crippen LogP contribution < -0.4 is 0 Å². The van der Waals surface area contributed by atoms with Gasteiger partial charge in [0.1, 0.15) is 0 Å². The first-order valence-electron chi connectivity index (χ1n) is 11.0. The molecule has 0 amide bonds. The molecule has 0 aliphatic heterocycles. The van der Waals surface area contributed by atoms with Gasteiger partial charge in [0.15, 0.2) is 0 Å². The quantitative estimate of drug-likeness (QED) is 0.253. The molecular weight excluding hydrogens is 420 g/mol. The largest absolute Gasteiger partial charge is 0.265 e. The fourth-order valence-electron chi connectivity index (χ4n) is 4.89. The van der Waals surface area contributed by atoms with Gasteiger partial charge >= 0.3 is 0 Å². The first kappa shape index (κ1) is 18.5. The van der Waals surface area contributed by atoms with E-state index in [1.165, 1.54) is 47.5 Å². The summed E-state index contributed by atoms with van der Waals surface area (Å²) in [6.07, 6.45) is 3.74. The summed E-state index contributed by atoms with van der Waals surface area (Å²) in [5, 5.41) is 6.28. The summed E-state index contributed by atoms with van der Waals surface area (Å²) in [5.74, 6) is 0. The smallest absolute Gasteiger partial charge is 0.0788 e. The third kappa shape index (κ3) is 2.80. The highest BCUT2D eigenvalue weighted by molar-refractivity contribution is 7.26. The van der Waals surface area contributed by atoms with E-state index in [0.29, 0.717) is 0 Å². The highest BCUT2D eigenvalue weighted by Gasteiger charge is 2.19. The van der Waals surface area contributed by atoms with Crippen molar-refractivity contribution in [2.24, 2.45) is 0 Å². The van der Waals surface area contributed by atoms with Gasteiger partial charge in [-0.1, -0.05) is 66.7 Å². The van der Waals surface area contributed by atoms with Gasteiger partial charge in [0.2, 0.25) is 0 Å². The first-order valence-corrected chi connectivity index (χ1v) is 11.8. The maximum atomic E-state index is 5.17. The summed E-state index contributed by atoms with van der Waals surface area (Å²) in [6.45, 7) is 0. The molecule has 0 unspecified atom stereocenters. The van der Waals surface area contributed by atoms with Crippen molar-refractivity contribution in [2.75, 3.05) is 0 Å². The lowest BCUT2D eigenvalue weighted by atomic mass is 9.92. The minimum absolute atomic E-state index is 1.02. The van der Waals surface area contributed by atoms with Gasteiger partial charge in [-0.3, -0.25) is 4.98 Å². The topological polar surface area (TPSA) is 25.8 Å². The van der Waals surface area contributed by atoms with Crippen molar-refractivity contribution in [1.29, 1.82) is 0 Å². The molecule has 33 heavy (non-hydrogen) atoms. The summed E-state index contributed by atoms with van der Waals surface area (Å²) in [5.41, 5.74) is 5.59. The molecule has 3 heteroatoms. The predicted molar refractivity (Wildman–Crippen MR) is 141 cm³/mol. The SMILES string of the molecule is c1ccc(-c2nc3ccccc3c3c2cc(-c2ccncc2)c2sc4ccccc4c23)cc1. The van der Waals surface area contributed by atoms with Crippen LogP contribution in [0.5, 0.6) is 0 Å². The van der Waals surface area contributed by atoms with E-state index in [9.17, 15) is 0 Å². The molecular formula is C30H18N2S. The maximum absolute atomic E-state index is 5.17. The van der Waals surface area contributed by atoms with Crippen LogP contribution in [-0.2, 0) is 0 Å². The molecule has 0 N–H and O–H groups in total. The summed E-state index contributed by atoms with van der Waals surface area (Å²) in [7, 11) is 0. The lowest BCUT2D eigenvalue weighted by molar-refractivity contribution is 1.33. The predicted octanol–water partition coefficient (Wildman–Crippen LogP) is 8.48. The maximum Gasteiger partial charge on any atom is 0.0788 e. The molecule has 0 fully saturated rings. The molecule has 0 saturated heterocycles. The molecule has 0 saturated carbocycles. The Hall–Kier alpha value is -4.08. The molecule has 4 aromatic carbocycles. The molecule has 7 rings (SSSR count). The molecule has 7 aromatic rings. The van der Waals surface area contributed by atoms with E-state index in [4.69, 9.17) is 4.98 Å². The zero-order valence-corrected chi connectivity index (χ0v) is 18.5. The number of para-hydroxylation sites is 1. The number of nitrogens with zero attached hydrogens (tertiary/aromatic N) is 2. The Labute approximate surface area is 194 Å². The molecule has 3 heterocycles. The highest BCUT2D eigenvalue weighted by Crippen LogP contribution is 2.47. The standard InChI is InChI=1S/C30H18N2S/c1-2-8-20(9-3-1)29-24-18-23(19-14-16-31-17-15-19)30-28(22-11-5-7-13-26(22)33-30)27(24)21-10-4-6-12-25(21)32-29/h1-18H. The molecule has 0 aliphatic carbocycles. The molecule has 0 radical (unpaired) electrons. The Morgan fingerprint density at radius 2 is 1.30 bits per heavy atom. The molecule has 0 bridgehead atoms. The lowest BCUT2D eigenvalue weighted by Gasteiger charge is -2.14. The number of benzene rings is 4. The minimum atomic E-state index is 1.02. The fourth-order valence-corrected chi connectivity index (χ4v) is 6.14. The van der Waals surface area contributed by atoms with Gasteiger partial charge in [-0.2, -0.15) is 0 Å². The Balaban J connectivity index is 1.79. The fraction of sp³-hybridized carbons (Fsp3) is 0. The zero-order valence-electron chi connectivity index (χ0n) is 17.7. The molecule has 0 spiro atoms. The van der Waals surface area contributed by atoms with E-state index in [-0.39, 0.29) is 0 Å². The third-order valence-corrected chi connectivity index (χ3v) is 7.55. The number of fused-ring (bicyclic) bond motifs is 7.